The first-order chi connectivity index (χ1) is 12.0. The molecule has 0 radical (unpaired) electrons. The fraction of sp³-hybridized carbons (Fsp3) is 0.143. The van der Waals surface area contributed by atoms with Gasteiger partial charge in [-0.15, -0.1) is 0 Å². The average Bonchev–Trinajstić information content (AvgIpc) is 3.01. The van der Waals surface area contributed by atoms with E-state index in [9.17, 15) is 18.4 Å². The normalized spacial score (nSPS) is 16.3. The van der Waals surface area contributed by atoms with Crippen LogP contribution >= 0.6 is 15.2 Å². The van der Waals surface area contributed by atoms with Gasteiger partial charge in [-0.3, -0.25) is 14.6 Å². The van der Waals surface area contributed by atoms with Crippen LogP contribution in [0.5, 0.6) is 0 Å². The molecule has 9 nitrogen and oxygen atoms in total. The van der Waals surface area contributed by atoms with Crippen LogP contribution < -0.4 is 34.5 Å². The van der Waals surface area contributed by atoms with Crippen LogP contribution in [0.1, 0.15) is 5.69 Å². The summed E-state index contributed by atoms with van der Waals surface area (Å²) < 4.78 is 36.8. The molecule has 0 aliphatic heterocycles. The maximum atomic E-state index is 14.4. The zero-order chi connectivity index (χ0) is 19.2. The van der Waals surface area contributed by atoms with Crippen LogP contribution in [0, 0.1) is 0 Å². The Labute approximate surface area is 174 Å². The van der Waals surface area contributed by atoms with Crippen molar-refractivity contribution in [2.45, 2.75) is 11.6 Å². The van der Waals surface area contributed by atoms with E-state index in [1.807, 2.05) is 6.07 Å². The molecule has 0 spiro atoms. The first-order valence-electron chi connectivity index (χ1n) is 7.18. The third kappa shape index (κ3) is 4.40. The summed E-state index contributed by atoms with van der Waals surface area (Å²) in [7, 11) is -11.8. The number of benzene rings is 1. The summed E-state index contributed by atoms with van der Waals surface area (Å²) in [5.74, 6) is 0. The number of fused-ring (bicyclic) bond motifs is 1. The zero-order valence-electron chi connectivity index (χ0n) is 14.0. The third-order valence-corrected chi connectivity index (χ3v) is 7.50. The van der Waals surface area contributed by atoms with Gasteiger partial charge in [-0.2, -0.15) is 5.10 Å². The molecule has 27 heavy (non-hydrogen) atoms. The molecule has 2 atom stereocenters. The van der Waals surface area contributed by atoms with Crippen LogP contribution in [0.2, 0.25) is 0 Å². The molecule has 2 aromatic heterocycles. The predicted molar refractivity (Wildman–Crippen MR) is 88.7 cm³/mol. The van der Waals surface area contributed by atoms with Crippen molar-refractivity contribution in [1.82, 2.24) is 15.2 Å². The standard InChI is InChI=1S/C14H14FN3O6P2.Na/c15-14(25(19,20)21,26(22,23)24)6-12-3-1-10(7-16-12)9-2-4-13-11(5-9)8-17-18-13;/h1-5,7-8H,6H2,(H,17,18)(H2,19,20,21)(H2,22,23,24);/q;+1/p-1. The summed E-state index contributed by atoms with van der Waals surface area (Å²) in [6, 6.07) is 8.13. The van der Waals surface area contributed by atoms with Gasteiger partial charge in [0.2, 0.25) is 0 Å². The quantitative estimate of drug-likeness (QED) is 0.286. The Balaban J connectivity index is 0.00000261. The number of hydrogen-bond acceptors (Lipinski definition) is 5. The van der Waals surface area contributed by atoms with Gasteiger partial charge in [0.1, 0.15) is 0 Å². The van der Waals surface area contributed by atoms with Gasteiger partial charge in [0, 0.05) is 29.3 Å². The Kier molecular flexibility index (Phi) is 6.48. The Hall–Kier alpha value is -0.930. The molecular formula is C14H13FN3NaO6P2. The topological polar surface area (TPSA) is 159 Å². The maximum Gasteiger partial charge on any atom is 1.00 e. The summed E-state index contributed by atoms with van der Waals surface area (Å²) in [5.41, 5.74) is 1.97. The van der Waals surface area contributed by atoms with Crippen molar-refractivity contribution < 1.29 is 62.7 Å². The fourth-order valence-corrected chi connectivity index (χ4v) is 4.47. The van der Waals surface area contributed by atoms with Crippen molar-refractivity contribution in [3.05, 3.63) is 48.4 Å². The van der Waals surface area contributed by atoms with Crippen molar-refractivity contribution >= 4 is 26.1 Å². The molecule has 0 saturated heterocycles. The number of nitrogens with one attached hydrogen (secondary N) is 1. The molecule has 2 heterocycles. The first-order valence-corrected chi connectivity index (χ1v) is 10.4. The Morgan fingerprint density at radius 3 is 2.33 bits per heavy atom. The predicted octanol–water partition coefficient (Wildman–Crippen LogP) is -1.48. The molecule has 138 valence electrons. The monoisotopic (exact) mass is 423 g/mol. The van der Waals surface area contributed by atoms with Gasteiger partial charge in [0.15, 0.2) is 7.60 Å². The number of nitrogens with zero attached hydrogens (tertiary/aromatic N) is 2. The minimum atomic E-state index is -6.00. The van der Waals surface area contributed by atoms with E-state index in [-0.39, 0.29) is 35.3 Å². The SMILES string of the molecule is O=P([O-])(O)C(F)(Cc1ccc(-c2ccc3[nH]ncc3c2)cn1)P(=O)(O)O.[Na+]. The summed E-state index contributed by atoms with van der Waals surface area (Å²) in [4.78, 5) is 42.0. The van der Waals surface area contributed by atoms with E-state index in [0.29, 0.717) is 5.56 Å². The molecular weight excluding hydrogens is 410 g/mol. The second kappa shape index (κ2) is 7.83. The molecule has 0 amide bonds. The number of pyridine rings is 1. The zero-order valence-corrected chi connectivity index (χ0v) is 17.8. The van der Waals surface area contributed by atoms with Crippen LogP contribution in [0.25, 0.3) is 22.0 Å². The molecule has 13 heteroatoms. The Bertz CT molecular complexity index is 1030. The molecule has 2 unspecified atom stereocenters. The van der Waals surface area contributed by atoms with Gasteiger partial charge in [-0.25, -0.2) is 4.39 Å². The molecule has 0 fully saturated rings. The fourth-order valence-electron chi connectivity index (χ4n) is 2.42. The van der Waals surface area contributed by atoms with Crippen molar-refractivity contribution in [2.75, 3.05) is 0 Å². The van der Waals surface area contributed by atoms with Crippen LogP contribution in [-0.2, 0) is 15.6 Å². The minimum Gasteiger partial charge on any atom is -0.776 e. The molecule has 3 rings (SSSR count). The van der Waals surface area contributed by atoms with Gasteiger partial charge in [0.05, 0.1) is 11.7 Å². The van der Waals surface area contributed by atoms with Crippen molar-refractivity contribution in [3.8, 4) is 11.1 Å². The first kappa shape index (κ1) is 22.4. The molecule has 0 saturated carbocycles. The largest absolute Gasteiger partial charge is 1.00 e. The number of aromatic nitrogens is 3. The molecule has 1 aromatic carbocycles. The van der Waals surface area contributed by atoms with Gasteiger partial charge < -0.3 is 24.1 Å². The average molecular weight is 423 g/mol. The summed E-state index contributed by atoms with van der Waals surface area (Å²) in [6.07, 6.45) is 1.66. The number of H-pyrrole nitrogens is 1. The number of aromatic amines is 1. The number of alkyl halides is 1. The van der Waals surface area contributed by atoms with E-state index >= 15 is 0 Å². The minimum absolute atomic E-state index is 0. The molecule has 4 N–H and O–H groups in total. The third-order valence-electron chi connectivity index (χ3n) is 3.88. The van der Waals surface area contributed by atoms with Crippen molar-refractivity contribution in [1.29, 1.82) is 0 Å². The number of rotatable bonds is 5. The maximum absolute atomic E-state index is 14.4. The smallest absolute Gasteiger partial charge is 0.776 e. The van der Waals surface area contributed by atoms with E-state index in [1.54, 1.807) is 18.3 Å². The molecule has 0 bridgehead atoms. The second-order valence-electron chi connectivity index (χ2n) is 5.67. The van der Waals surface area contributed by atoms with Crippen molar-refractivity contribution in [3.63, 3.8) is 0 Å². The van der Waals surface area contributed by atoms with E-state index in [4.69, 9.17) is 14.7 Å². The van der Waals surface area contributed by atoms with E-state index in [0.717, 1.165) is 16.5 Å². The number of halogens is 1. The summed E-state index contributed by atoms with van der Waals surface area (Å²) in [6.45, 7) is 0. The molecule has 0 aliphatic rings. The van der Waals surface area contributed by atoms with Gasteiger partial charge in [0.25, 0.3) is 5.15 Å². The Morgan fingerprint density at radius 1 is 1.11 bits per heavy atom. The number of hydrogen-bond donors (Lipinski definition) is 4. The van der Waals surface area contributed by atoms with E-state index < -0.39 is 26.8 Å². The van der Waals surface area contributed by atoms with E-state index in [1.165, 1.54) is 18.3 Å². The van der Waals surface area contributed by atoms with E-state index in [2.05, 4.69) is 15.2 Å². The summed E-state index contributed by atoms with van der Waals surface area (Å²) >= 11 is 0. The van der Waals surface area contributed by atoms with Crippen LogP contribution in [0.3, 0.4) is 0 Å². The summed E-state index contributed by atoms with van der Waals surface area (Å²) in [5, 5.41) is 3.42. The Morgan fingerprint density at radius 2 is 1.78 bits per heavy atom. The van der Waals surface area contributed by atoms with Crippen LogP contribution in [0.15, 0.2) is 42.7 Å². The van der Waals surface area contributed by atoms with Crippen molar-refractivity contribution in [2.24, 2.45) is 0 Å². The molecule has 0 aliphatic carbocycles. The van der Waals surface area contributed by atoms with Gasteiger partial charge in [-0.1, -0.05) is 12.1 Å². The van der Waals surface area contributed by atoms with Crippen LogP contribution in [0.4, 0.5) is 4.39 Å². The van der Waals surface area contributed by atoms with Gasteiger partial charge in [-0.05, 0) is 23.8 Å². The second-order valence-corrected chi connectivity index (χ2v) is 9.57. The van der Waals surface area contributed by atoms with Gasteiger partial charge >= 0.3 is 37.2 Å². The van der Waals surface area contributed by atoms with Crippen LogP contribution in [-0.4, -0.2) is 35.0 Å². The molecule has 3 aromatic rings.